The molecule has 6 unspecified atom stereocenters. The number of aliphatic hydroxyl groups excluding tert-OH is 6. The number of unbranched alkanes of at least 4 members (excludes halogenated alkanes) is 21. The molecule has 0 aromatic carbocycles. The molecule has 496 valence electrons. The monoisotopic (exact) mass is 1230 g/mol. The molecular weight excluding hydrogens is 1120 g/mol. The minimum absolute atomic E-state index is 0.0239. The van der Waals surface area contributed by atoms with Crippen LogP contribution in [0.4, 0.5) is 0 Å². The molecule has 0 aromatic heterocycles. The summed E-state index contributed by atoms with van der Waals surface area (Å²) < 4.78 is 58.8. The number of ether oxygens (including phenoxy) is 6. The van der Waals surface area contributed by atoms with Gasteiger partial charge in [0.1, 0.15) is 49.3 Å². The summed E-state index contributed by atoms with van der Waals surface area (Å²) in [6.45, 7) is 8.12. The first-order chi connectivity index (χ1) is 41.0. The van der Waals surface area contributed by atoms with Crippen LogP contribution in [-0.4, -0.2) is 175 Å². The van der Waals surface area contributed by atoms with Crippen molar-refractivity contribution < 1.29 is 91.9 Å². The Morgan fingerprint density at radius 3 is 1.71 bits per heavy atom. The Morgan fingerprint density at radius 1 is 0.565 bits per heavy atom. The fourth-order valence-corrected chi connectivity index (χ4v) is 10.8. The highest BCUT2D eigenvalue weighted by Gasteiger charge is 2.50. The highest BCUT2D eigenvalue weighted by atomic mass is 31.2. The lowest BCUT2D eigenvalue weighted by Gasteiger charge is -2.45. The number of carbonyl (C=O) groups excluding carboxylic acids is 4. The van der Waals surface area contributed by atoms with Gasteiger partial charge in [-0.2, -0.15) is 0 Å². The third kappa shape index (κ3) is 36.4. The summed E-state index contributed by atoms with van der Waals surface area (Å²) in [5.74, 6) is -1.86. The molecule has 2 fully saturated rings. The van der Waals surface area contributed by atoms with Crippen LogP contribution in [-0.2, 0) is 61.2 Å². The van der Waals surface area contributed by atoms with Gasteiger partial charge in [0.05, 0.1) is 38.4 Å². The van der Waals surface area contributed by atoms with Gasteiger partial charge in [-0.25, -0.2) is 0 Å². The van der Waals surface area contributed by atoms with Crippen molar-refractivity contribution >= 4 is 31.3 Å². The van der Waals surface area contributed by atoms with Crippen molar-refractivity contribution in [3.8, 4) is 0 Å². The molecule has 22 heteroatoms. The maximum Gasteiger partial charge on any atom is 0.327 e. The van der Waals surface area contributed by atoms with Crippen LogP contribution < -0.4 is 10.6 Å². The molecule has 2 aliphatic heterocycles. The number of amides is 2. The average molecular weight is 1240 g/mol. The molecule has 2 aliphatic rings. The number of hydrogen-bond donors (Lipinski definition) is 8. The first-order valence-corrected chi connectivity index (χ1v) is 34.6. The molecule has 2 rings (SSSR count). The van der Waals surface area contributed by atoms with Crippen LogP contribution in [0.2, 0.25) is 0 Å². The Bertz CT molecular complexity index is 1850. The van der Waals surface area contributed by atoms with Gasteiger partial charge in [0.25, 0.3) is 0 Å². The molecular formula is C63H115N2O19P. The summed E-state index contributed by atoms with van der Waals surface area (Å²) in [5.41, 5.74) is 0. The topological polar surface area (TPSA) is 305 Å². The van der Waals surface area contributed by atoms with Crippen LogP contribution in [0, 0.1) is 5.92 Å². The van der Waals surface area contributed by atoms with Crippen LogP contribution >= 0.6 is 7.60 Å². The molecule has 0 aromatic rings. The van der Waals surface area contributed by atoms with E-state index in [0.717, 1.165) is 83.5 Å². The van der Waals surface area contributed by atoms with Crippen molar-refractivity contribution in [3.63, 3.8) is 0 Å². The van der Waals surface area contributed by atoms with E-state index >= 15 is 0 Å². The van der Waals surface area contributed by atoms with Crippen LogP contribution in [0.3, 0.4) is 0 Å². The largest absolute Gasteiger partial charge is 0.461 e. The SMILES string of the molecule is CCCCCCCCC=CCCCCCCCC(=O)O[C@H](COC(=O)C(C=CCCCCCCCC)CCCCCC)COP(C)(=O)OCCNC(=O)CCCCC(=O)NCCCO[C@@H]1OC(CO)[C@H](O)[C@H](O)C1O[C@@H]1OC(C)[C@H](O)[C@@H](O)C1O. The molecule has 8 N–H and O–H groups in total. The fraction of sp³-hybridized carbons (Fsp3) is 0.873. The zero-order valence-electron chi connectivity index (χ0n) is 52.5. The summed E-state index contributed by atoms with van der Waals surface area (Å²) >= 11 is 0. The van der Waals surface area contributed by atoms with E-state index in [1.54, 1.807) is 0 Å². The minimum atomic E-state index is -3.73. The van der Waals surface area contributed by atoms with E-state index in [1.807, 2.05) is 6.08 Å². The number of esters is 2. The van der Waals surface area contributed by atoms with Gasteiger partial charge in [0.15, 0.2) is 18.7 Å². The molecule has 0 saturated carbocycles. The van der Waals surface area contributed by atoms with Crippen LogP contribution in [0.25, 0.3) is 0 Å². The summed E-state index contributed by atoms with van der Waals surface area (Å²) in [6.07, 6.45) is 22.1. The smallest absolute Gasteiger partial charge is 0.327 e. The van der Waals surface area contributed by atoms with Gasteiger partial charge in [-0.3, -0.25) is 23.7 Å². The molecule has 0 radical (unpaired) electrons. The molecule has 21 nitrogen and oxygen atoms in total. The lowest BCUT2D eigenvalue weighted by Crippen LogP contribution is -2.64. The van der Waals surface area contributed by atoms with Gasteiger partial charge in [0, 0.05) is 39.0 Å². The first kappa shape index (κ1) is 78.2. The molecule has 13 atom stereocenters. The predicted molar refractivity (Wildman–Crippen MR) is 325 cm³/mol. The quantitative estimate of drug-likeness (QED) is 0.0122. The Labute approximate surface area is 509 Å². The van der Waals surface area contributed by atoms with E-state index < -0.39 is 99.6 Å². The number of carbonyl (C=O) groups is 4. The van der Waals surface area contributed by atoms with Crippen molar-refractivity contribution in [1.29, 1.82) is 0 Å². The molecule has 85 heavy (non-hydrogen) atoms. The van der Waals surface area contributed by atoms with Crippen molar-refractivity contribution in [2.45, 2.75) is 294 Å². The summed E-state index contributed by atoms with van der Waals surface area (Å²) in [4.78, 5) is 51.9. The van der Waals surface area contributed by atoms with E-state index in [-0.39, 0.29) is 77.0 Å². The van der Waals surface area contributed by atoms with Crippen molar-refractivity contribution in [2.75, 3.05) is 52.8 Å². The van der Waals surface area contributed by atoms with Crippen molar-refractivity contribution in [1.82, 2.24) is 10.6 Å². The number of nitrogens with one attached hydrogen (secondary N) is 2. The fourth-order valence-electron chi connectivity index (χ4n) is 9.89. The Morgan fingerprint density at radius 2 is 1.11 bits per heavy atom. The minimum Gasteiger partial charge on any atom is -0.461 e. The zero-order chi connectivity index (χ0) is 62.5. The Hall–Kier alpha value is -2.89. The third-order valence-corrected chi connectivity index (χ3v) is 16.5. The summed E-state index contributed by atoms with van der Waals surface area (Å²) in [7, 11) is -3.73. The van der Waals surface area contributed by atoms with Crippen LogP contribution in [0.15, 0.2) is 24.3 Å². The van der Waals surface area contributed by atoms with Crippen molar-refractivity contribution in [2.24, 2.45) is 5.92 Å². The number of allylic oxidation sites excluding steroid dienone is 3. The molecule has 0 spiro atoms. The molecule has 0 bridgehead atoms. The van der Waals surface area contributed by atoms with E-state index in [2.05, 4.69) is 49.6 Å². The van der Waals surface area contributed by atoms with Crippen LogP contribution in [0.1, 0.15) is 227 Å². The van der Waals surface area contributed by atoms with Gasteiger partial charge >= 0.3 is 19.5 Å². The normalized spacial score (nSPS) is 24.1. The first-order valence-electron chi connectivity index (χ1n) is 32.6. The van der Waals surface area contributed by atoms with Gasteiger partial charge in [0.2, 0.25) is 11.8 Å². The average Bonchev–Trinajstić information content (AvgIpc) is 3.60. The second-order valence-electron chi connectivity index (χ2n) is 23.0. The van der Waals surface area contributed by atoms with Gasteiger partial charge < -0.3 is 78.7 Å². The second kappa shape index (κ2) is 49.0. The number of rotatable bonds is 52. The molecule has 0 aliphatic carbocycles. The third-order valence-electron chi connectivity index (χ3n) is 15.3. The Balaban J connectivity index is 1.80. The van der Waals surface area contributed by atoms with Gasteiger partial charge in [-0.15, -0.1) is 0 Å². The number of hydrogen-bond acceptors (Lipinski definition) is 19. The van der Waals surface area contributed by atoms with Crippen molar-refractivity contribution in [3.05, 3.63) is 24.3 Å². The van der Waals surface area contributed by atoms with E-state index in [4.69, 9.17) is 37.5 Å². The molecule has 2 amide bonds. The zero-order valence-corrected chi connectivity index (χ0v) is 53.4. The highest BCUT2D eigenvalue weighted by Crippen LogP contribution is 2.44. The lowest BCUT2D eigenvalue weighted by atomic mass is 9.97. The summed E-state index contributed by atoms with van der Waals surface area (Å²) in [6, 6.07) is 0. The standard InChI is InChI=1S/C63H115N2O19P/c1-6-9-12-15-17-19-20-21-22-23-24-25-27-29-32-40-54(69)82-50(46-78-61(75)49(36-30-14-11-8-3)37-31-28-26-18-16-13-10-7-2)47-80-85(5,76)79-44-42-65-53(68)39-34-33-38-52(67)64-41-35-43-77-63-60(58(73)56(71)51(45-66)83-63)84-62-59(74)57(72)55(70)48(4)81-62/h21-22,31,37,48-51,55-60,62-63,66,70-74H,6-20,23-30,32-36,38-47H2,1-5H3,(H,64,67)(H,65,68)/t48?,49?,50-,51?,55+,56+,57-,58+,59?,60?,62+,63-,85?/m1/s1. The molecule has 2 saturated heterocycles. The maximum absolute atomic E-state index is 13.6. The second-order valence-corrected chi connectivity index (χ2v) is 25.1. The highest BCUT2D eigenvalue weighted by molar-refractivity contribution is 7.52. The van der Waals surface area contributed by atoms with Crippen LogP contribution in [0.5, 0.6) is 0 Å². The van der Waals surface area contributed by atoms with E-state index in [0.29, 0.717) is 25.7 Å². The van der Waals surface area contributed by atoms with Gasteiger partial charge in [-0.05, 0) is 77.6 Å². The predicted octanol–water partition coefficient (Wildman–Crippen LogP) is 9.08. The Kier molecular flexibility index (Phi) is 45.0. The summed E-state index contributed by atoms with van der Waals surface area (Å²) in [5, 5.41) is 67.1. The van der Waals surface area contributed by atoms with Gasteiger partial charge in [-0.1, -0.05) is 154 Å². The number of aliphatic hydroxyl groups is 6. The van der Waals surface area contributed by atoms with E-state index in [9.17, 15) is 54.4 Å². The van der Waals surface area contributed by atoms with E-state index in [1.165, 1.54) is 77.8 Å². The molecule has 2 heterocycles. The maximum atomic E-state index is 13.6. The lowest BCUT2D eigenvalue weighted by molar-refractivity contribution is -0.364.